The van der Waals surface area contributed by atoms with Crippen molar-refractivity contribution in [2.45, 2.75) is 18.9 Å². The first-order chi connectivity index (χ1) is 9.31. The van der Waals surface area contributed by atoms with Gasteiger partial charge in [0.25, 0.3) is 5.91 Å². The molecule has 8 heteroatoms. The number of carbonyl (C=O) groups is 3. The lowest BCUT2D eigenvalue weighted by Crippen LogP contribution is -2.41. The van der Waals surface area contributed by atoms with Crippen LogP contribution < -0.4 is 11.1 Å². The molecule has 0 aliphatic rings. The number of carbonyl (C=O) groups excluding carboxylic acids is 2. The van der Waals surface area contributed by atoms with Gasteiger partial charge < -0.3 is 16.2 Å². The summed E-state index contributed by atoms with van der Waals surface area (Å²) in [5.74, 6) is -2.45. The second-order valence-electron chi connectivity index (χ2n) is 4.00. The normalized spacial score (nSPS) is 11.7. The van der Waals surface area contributed by atoms with E-state index >= 15 is 0 Å². The van der Waals surface area contributed by atoms with Gasteiger partial charge in [0, 0.05) is 16.5 Å². The van der Waals surface area contributed by atoms with Gasteiger partial charge in [-0.2, -0.15) is 0 Å². The molecule has 0 heterocycles. The Bertz CT molecular complexity index is 550. The number of carboxylic acid groups (broad SMARTS) is 1. The summed E-state index contributed by atoms with van der Waals surface area (Å²) >= 11 is 9.04. The zero-order chi connectivity index (χ0) is 15.3. The Balaban J connectivity index is 2.77. The molecule has 108 valence electrons. The van der Waals surface area contributed by atoms with Crippen LogP contribution >= 0.6 is 27.5 Å². The fourth-order valence-electron chi connectivity index (χ4n) is 1.42. The molecule has 0 aliphatic carbocycles. The van der Waals surface area contributed by atoms with Crippen molar-refractivity contribution in [2.24, 2.45) is 5.73 Å². The lowest BCUT2D eigenvalue weighted by atomic mass is 10.1. The van der Waals surface area contributed by atoms with Gasteiger partial charge >= 0.3 is 5.97 Å². The Hall–Kier alpha value is -1.60. The van der Waals surface area contributed by atoms with Gasteiger partial charge in [-0.1, -0.05) is 11.6 Å². The minimum atomic E-state index is -1.23. The number of amides is 2. The number of hydrogen-bond donors (Lipinski definition) is 3. The third-order valence-electron chi connectivity index (χ3n) is 2.46. The predicted octanol–water partition coefficient (Wildman–Crippen LogP) is 1.55. The SMILES string of the molecule is NC(=O)CC[C@@H](NC(=O)c1ccc(Br)c(Cl)c1)C(=O)O. The minimum absolute atomic E-state index is 0.0688. The van der Waals surface area contributed by atoms with Crippen LogP contribution in [0.25, 0.3) is 0 Å². The number of primary amides is 1. The van der Waals surface area contributed by atoms with Crippen LogP contribution in [0.3, 0.4) is 0 Å². The van der Waals surface area contributed by atoms with E-state index in [1.807, 2.05) is 0 Å². The van der Waals surface area contributed by atoms with E-state index in [9.17, 15) is 14.4 Å². The molecule has 0 saturated carbocycles. The highest BCUT2D eigenvalue weighted by molar-refractivity contribution is 9.10. The number of rotatable bonds is 6. The van der Waals surface area contributed by atoms with Gasteiger partial charge in [0.05, 0.1) is 5.02 Å². The number of benzene rings is 1. The van der Waals surface area contributed by atoms with E-state index in [-0.39, 0.29) is 18.4 Å². The van der Waals surface area contributed by atoms with Crippen LogP contribution in [-0.4, -0.2) is 28.9 Å². The molecule has 0 fully saturated rings. The van der Waals surface area contributed by atoms with Crippen molar-refractivity contribution >= 4 is 45.3 Å². The molecule has 0 spiro atoms. The lowest BCUT2D eigenvalue weighted by molar-refractivity contribution is -0.139. The van der Waals surface area contributed by atoms with Crippen molar-refractivity contribution in [2.75, 3.05) is 0 Å². The molecule has 0 bridgehead atoms. The summed E-state index contributed by atoms with van der Waals surface area (Å²) < 4.78 is 0.624. The number of halogens is 2. The zero-order valence-corrected chi connectivity index (χ0v) is 12.6. The summed E-state index contributed by atoms with van der Waals surface area (Å²) in [6.45, 7) is 0. The Kier molecular flexibility index (Phi) is 5.97. The van der Waals surface area contributed by atoms with E-state index in [4.69, 9.17) is 22.4 Å². The van der Waals surface area contributed by atoms with E-state index in [0.29, 0.717) is 9.50 Å². The Morgan fingerprint density at radius 3 is 2.55 bits per heavy atom. The number of nitrogens with one attached hydrogen (secondary N) is 1. The van der Waals surface area contributed by atoms with Crippen LogP contribution in [-0.2, 0) is 9.59 Å². The monoisotopic (exact) mass is 362 g/mol. The van der Waals surface area contributed by atoms with Gasteiger partial charge in [-0.25, -0.2) is 4.79 Å². The van der Waals surface area contributed by atoms with Gasteiger partial charge in [-0.3, -0.25) is 9.59 Å². The van der Waals surface area contributed by atoms with Crippen molar-refractivity contribution in [1.82, 2.24) is 5.32 Å². The van der Waals surface area contributed by atoms with E-state index in [1.165, 1.54) is 12.1 Å². The van der Waals surface area contributed by atoms with E-state index in [0.717, 1.165) is 0 Å². The fourth-order valence-corrected chi connectivity index (χ4v) is 1.85. The van der Waals surface area contributed by atoms with Crippen LogP contribution in [0.15, 0.2) is 22.7 Å². The number of nitrogens with two attached hydrogens (primary N) is 1. The van der Waals surface area contributed by atoms with E-state index in [1.54, 1.807) is 6.07 Å². The first-order valence-corrected chi connectivity index (χ1v) is 6.75. The number of aliphatic carboxylic acids is 1. The standard InChI is InChI=1S/C12H12BrClN2O4/c13-7-2-1-6(5-8(7)14)11(18)16-9(12(19)20)3-4-10(15)17/h1-2,5,9H,3-4H2,(H2,15,17)(H,16,18)(H,19,20)/t9-/m1/s1. The van der Waals surface area contributed by atoms with Gasteiger partial charge in [-0.15, -0.1) is 0 Å². The third-order valence-corrected chi connectivity index (χ3v) is 3.70. The molecule has 1 rings (SSSR count). The summed E-state index contributed by atoms with van der Waals surface area (Å²) in [5.41, 5.74) is 5.18. The van der Waals surface area contributed by atoms with Crippen molar-refractivity contribution in [1.29, 1.82) is 0 Å². The molecule has 4 N–H and O–H groups in total. The van der Waals surface area contributed by atoms with Crippen LogP contribution in [0.2, 0.25) is 5.02 Å². The van der Waals surface area contributed by atoms with Crippen molar-refractivity contribution in [3.63, 3.8) is 0 Å². The maximum absolute atomic E-state index is 11.9. The molecule has 1 aromatic carbocycles. The third kappa shape index (κ3) is 4.82. The molecule has 0 aromatic heterocycles. The molecule has 1 atom stereocenters. The Morgan fingerprint density at radius 1 is 1.40 bits per heavy atom. The van der Waals surface area contributed by atoms with E-state index < -0.39 is 23.8 Å². The summed E-state index contributed by atoms with van der Waals surface area (Å²) in [4.78, 5) is 33.6. The highest BCUT2D eigenvalue weighted by atomic mass is 79.9. The molecule has 1 aromatic rings. The fraction of sp³-hybridized carbons (Fsp3) is 0.250. The number of hydrogen-bond acceptors (Lipinski definition) is 3. The molecular weight excluding hydrogens is 351 g/mol. The second-order valence-corrected chi connectivity index (χ2v) is 5.26. The zero-order valence-electron chi connectivity index (χ0n) is 10.2. The first-order valence-electron chi connectivity index (χ1n) is 5.58. The van der Waals surface area contributed by atoms with Crippen molar-refractivity contribution < 1.29 is 19.5 Å². The molecule has 0 aliphatic heterocycles. The van der Waals surface area contributed by atoms with Crippen LogP contribution in [0, 0.1) is 0 Å². The van der Waals surface area contributed by atoms with Gasteiger partial charge in [-0.05, 0) is 40.5 Å². The van der Waals surface area contributed by atoms with Crippen molar-refractivity contribution in [3.8, 4) is 0 Å². The molecule has 0 unspecified atom stereocenters. The minimum Gasteiger partial charge on any atom is -0.480 e. The van der Waals surface area contributed by atoms with Crippen LogP contribution in [0.4, 0.5) is 0 Å². The molecular formula is C12H12BrClN2O4. The lowest BCUT2D eigenvalue weighted by Gasteiger charge is -2.14. The largest absolute Gasteiger partial charge is 0.480 e. The van der Waals surface area contributed by atoms with Crippen LogP contribution in [0.1, 0.15) is 23.2 Å². The second kappa shape index (κ2) is 7.25. The van der Waals surface area contributed by atoms with Gasteiger partial charge in [0.2, 0.25) is 5.91 Å². The summed E-state index contributed by atoms with van der Waals surface area (Å²) in [5, 5.41) is 11.6. The quantitative estimate of drug-likeness (QED) is 0.712. The van der Waals surface area contributed by atoms with Crippen molar-refractivity contribution in [3.05, 3.63) is 33.3 Å². The first kappa shape index (κ1) is 16.5. The molecule has 6 nitrogen and oxygen atoms in total. The van der Waals surface area contributed by atoms with Gasteiger partial charge in [0.1, 0.15) is 6.04 Å². The number of carboxylic acids is 1. The smallest absolute Gasteiger partial charge is 0.326 e. The topological polar surface area (TPSA) is 109 Å². The van der Waals surface area contributed by atoms with E-state index in [2.05, 4.69) is 21.2 Å². The maximum atomic E-state index is 11.9. The van der Waals surface area contributed by atoms with Gasteiger partial charge in [0.15, 0.2) is 0 Å². The summed E-state index contributed by atoms with van der Waals surface area (Å²) in [7, 11) is 0. The Labute approximate surface area is 128 Å². The highest BCUT2D eigenvalue weighted by Gasteiger charge is 2.21. The maximum Gasteiger partial charge on any atom is 0.326 e. The molecule has 0 radical (unpaired) electrons. The van der Waals surface area contributed by atoms with Crippen LogP contribution in [0.5, 0.6) is 0 Å². The predicted molar refractivity (Wildman–Crippen MR) is 76.5 cm³/mol. The molecule has 0 saturated heterocycles. The summed E-state index contributed by atoms with van der Waals surface area (Å²) in [6.07, 6.45) is -0.195. The summed E-state index contributed by atoms with van der Waals surface area (Å²) in [6, 6.07) is 3.31. The average Bonchev–Trinajstić information content (AvgIpc) is 2.36. The average molecular weight is 364 g/mol. The molecule has 20 heavy (non-hydrogen) atoms. The Morgan fingerprint density at radius 2 is 2.05 bits per heavy atom. The molecule has 2 amide bonds. The highest BCUT2D eigenvalue weighted by Crippen LogP contribution is 2.23.